The number of benzene rings is 2. The fraction of sp³-hybridized carbons (Fsp3) is 0.188. The van der Waals surface area contributed by atoms with E-state index in [9.17, 15) is 9.90 Å². The second-order valence-corrected chi connectivity index (χ2v) is 6.81. The molecule has 1 N–H and O–H groups in total. The Balaban J connectivity index is 2.04. The normalized spacial score (nSPS) is 17.8. The van der Waals surface area contributed by atoms with Crippen LogP contribution in [0.2, 0.25) is 0 Å². The molecule has 0 radical (unpaired) electrons. The number of carbonyl (C=O) groups excluding carboxylic acids is 1. The van der Waals surface area contributed by atoms with Gasteiger partial charge in [0, 0.05) is 15.7 Å². The zero-order valence-electron chi connectivity index (χ0n) is 11.8. The number of anilines is 1. The Bertz CT molecular complexity index is 705. The van der Waals surface area contributed by atoms with E-state index in [1.807, 2.05) is 18.2 Å². The van der Waals surface area contributed by atoms with Crippen molar-refractivity contribution in [1.82, 2.24) is 0 Å². The summed E-state index contributed by atoms with van der Waals surface area (Å²) in [5, 5.41) is 9.28. The third kappa shape index (κ3) is 2.80. The van der Waals surface area contributed by atoms with Crippen LogP contribution in [0.3, 0.4) is 0 Å². The van der Waals surface area contributed by atoms with E-state index in [1.165, 1.54) is 0 Å². The predicted octanol–water partition coefficient (Wildman–Crippen LogP) is 3.94. The predicted molar refractivity (Wildman–Crippen MR) is 91.5 cm³/mol. The van der Waals surface area contributed by atoms with Gasteiger partial charge >= 0.3 is 0 Å². The van der Waals surface area contributed by atoms with Crippen LogP contribution in [0, 0.1) is 0 Å². The lowest BCUT2D eigenvalue weighted by atomic mass is 10.1. The molecule has 22 heavy (non-hydrogen) atoms. The van der Waals surface area contributed by atoms with E-state index in [1.54, 1.807) is 48.0 Å². The number of phenols is 1. The van der Waals surface area contributed by atoms with E-state index in [2.05, 4.69) is 15.9 Å². The Morgan fingerprint density at radius 1 is 1.27 bits per heavy atom. The molecular weight excluding hydrogens is 366 g/mol. The van der Waals surface area contributed by atoms with Crippen LogP contribution < -0.4 is 9.64 Å². The summed E-state index contributed by atoms with van der Waals surface area (Å²) in [6, 6.07) is 12.4. The van der Waals surface area contributed by atoms with Crippen LogP contribution in [0.4, 0.5) is 5.69 Å². The van der Waals surface area contributed by atoms with Crippen molar-refractivity contribution in [2.45, 2.75) is 5.37 Å². The van der Waals surface area contributed by atoms with Gasteiger partial charge in [0.15, 0.2) is 0 Å². The van der Waals surface area contributed by atoms with Gasteiger partial charge in [-0.05, 0) is 42.5 Å². The third-order valence-corrected chi connectivity index (χ3v) is 5.14. The number of ether oxygens (including phenoxy) is 1. The maximum atomic E-state index is 12.3. The molecule has 2 aromatic carbocycles. The topological polar surface area (TPSA) is 49.8 Å². The Hall–Kier alpha value is -1.66. The fourth-order valence-corrected chi connectivity index (χ4v) is 4.02. The molecule has 0 bridgehead atoms. The van der Waals surface area contributed by atoms with Gasteiger partial charge in [0.2, 0.25) is 5.91 Å². The molecule has 1 unspecified atom stereocenters. The summed E-state index contributed by atoms with van der Waals surface area (Å²) in [7, 11) is 1.62. The van der Waals surface area contributed by atoms with Crippen molar-refractivity contribution in [3.05, 3.63) is 52.5 Å². The van der Waals surface area contributed by atoms with Crippen molar-refractivity contribution in [3.8, 4) is 11.5 Å². The van der Waals surface area contributed by atoms with Crippen molar-refractivity contribution in [2.24, 2.45) is 0 Å². The van der Waals surface area contributed by atoms with Gasteiger partial charge in [-0.1, -0.05) is 15.9 Å². The van der Waals surface area contributed by atoms with Gasteiger partial charge in [-0.25, -0.2) is 0 Å². The van der Waals surface area contributed by atoms with Crippen molar-refractivity contribution >= 4 is 39.3 Å². The number of hydrogen-bond donors (Lipinski definition) is 1. The van der Waals surface area contributed by atoms with Crippen LogP contribution in [0.5, 0.6) is 11.5 Å². The Morgan fingerprint density at radius 3 is 2.68 bits per heavy atom. The van der Waals surface area contributed by atoms with Gasteiger partial charge in [-0.3, -0.25) is 9.69 Å². The highest BCUT2D eigenvalue weighted by atomic mass is 79.9. The summed E-state index contributed by atoms with van der Waals surface area (Å²) in [5.74, 6) is 1.39. The molecular formula is C16H14BrNO3S. The molecule has 2 aromatic rings. The number of hydrogen-bond acceptors (Lipinski definition) is 4. The van der Waals surface area contributed by atoms with Crippen molar-refractivity contribution in [3.63, 3.8) is 0 Å². The summed E-state index contributed by atoms with van der Waals surface area (Å²) in [6.07, 6.45) is 0. The van der Waals surface area contributed by atoms with Crippen LogP contribution in [0.25, 0.3) is 0 Å². The van der Waals surface area contributed by atoms with Crippen LogP contribution in [0.1, 0.15) is 10.9 Å². The zero-order chi connectivity index (χ0) is 15.7. The van der Waals surface area contributed by atoms with Crippen molar-refractivity contribution in [1.29, 1.82) is 0 Å². The molecule has 1 saturated heterocycles. The van der Waals surface area contributed by atoms with E-state index in [0.29, 0.717) is 5.75 Å². The highest BCUT2D eigenvalue weighted by Crippen LogP contribution is 2.45. The standard InChI is InChI=1S/C16H14BrNO3S/c1-21-14-7-2-10(17)8-13(14)16-18(15(20)9-22-16)11-3-5-12(19)6-4-11/h2-8,16,19H,9H2,1H3. The van der Waals surface area contributed by atoms with Gasteiger partial charge in [-0.15, -0.1) is 11.8 Å². The smallest absolute Gasteiger partial charge is 0.238 e. The molecule has 1 atom stereocenters. The molecule has 1 fully saturated rings. The summed E-state index contributed by atoms with van der Waals surface area (Å²) in [6.45, 7) is 0. The maximum Gasteiger partial charge on any atom is 0.238 e. The van der Waals surface area contributed by atoms with Gasteiger partial charge < -0.3 is 9.84 Å². The van der Waals surface area contributed by atoms with E-state index in [4.69, 9.17) is 4.74 Å². The van der Waals surface area contributed by atoms with Gasteiger partial charge in [0.25, 0.3) is 0 Å². The van der Waals surface area contributed by atoms with Crippen LogP contribution in [0.15, 0.2) is 46.9 Å². The average Bonchev–Trinajstić information content (AvgIpc) is 2.90. The summed E-state index contributed by atoms with van der Waals surface area (Å²) in [4.78, 5) is 14.1. The van der Waals surface area contributed by atoms with Crippen LogP contribution in [-0.2, 0) is 4.79 Å². The number of aromatic hydroxyl groups is 1. The maximum absolute atomic E-state index is 12.3. The Kier molecular flexibility index (Phi) is 4.31. The first kappa shape index (κ1) is 15.2. The Labute approximate surface area is 141 Å². The molecule has 4 nitrogen and oxygen atoms in total. The minimum absolute atomic E-state index is 0.0442. The fourth-order valence-electron chi connectivity index (χ4n) is 2.44. The number of methoxy groups -OCH3 is 1. The van der Waals surface area contributed by atoms with Gasteiger partial charge in [-0.2, -0.15) is 0 Å². The van der Waals surface area contributed by atoms with Crippen LogP contribution >= 0.6 is 27.7 Å². The number of thioether (sulfide) groups is 1. The molecule has 1 aliphatic rings. The monoisotopic (exact) mass is 379 g/mol. The van der Waals surface area contributed by atoms with E-state index < -0.39 is 0 Å². The van der Waals surface area contributed by atoms with Crippen molar-refractivity contribution < 1.29 is 14.6 Å². The molecule has 114 valence electrons. The zero-order valence-corrected chi connectivity index (χ0v) is 14.2. The molecule has 0 spiro atoms. The van der Waals surface area contributed by atoms with E-state index in [-0.39, 0.29) is 17.0 Å². The average molecular weight is 380 g/mol. The molecule has 0 aromatic heterocycles. The lowest BCUT2D eigenvalue weighted by Gasteiger charge is -2.25. The van der Waals surface area contributed by atoms with E-state index in [0.717, 1.165) is 21.5 Å². The number of carbonyl (C=O) groups is 1. The largest absolute Gasteiger partial charge is 0.508 e. The number of phenolic OH excluding ortho intramolecular Hbond substituents is 1. The summed E-state index contributed by atoms with van der Waals surface area (Å²) >= 11 is 5.03. The number of halogens is 1. The minimum atomic E-state index is -0.149. The summed E-state index contributed by atoms with van der Waals surface area (Å²) in [5.41, 5.74) is 1.71. The number of amides is 1. The van der Waals surface area contributed by atoms with E-state index >= 15 is 0 Å². The molecule has 0 saturated carbocycles. The molecule has 1 heterocycles. The first-order valence-corrected chi connectivity index (χ1v) is 8.50. The van der Waals surface area contributed by atoms with Crippen LogP contribution in [-0.4, -0.2) is 23.9 Å². The summed E-state index contributed by atoms with van der Waals surface area (Å²) < 4.78 is 6.38. The molecule has 1 aliphatic heterocycles. The molecule has 3 rings (SSSR count). The highest BCUT2D eigenvalue weighted by Gasteiger charge is 2.35. The third-order valence-electron chi connectivity index (χ3n) is 3.45. The first-order chi connectivity index (χ1) is 10.6. The molecule has 1 amide bonds. The lowest BCUT2D eigenvalue weighted by molar-refractivity contribution is -0.115. The highest BCUT2D eigenvalue weighted by molar-refractivity contribution is 9.10. The number of rotatable bonds is 3. The second kappa shape index (κ2) is 6.22. The number of nitrogens with zero attached hydrogens (tertiary/aromatic N) is 1. The van der Waals surface area contributed by atoms with Crippen molar-refractivity contribution in [2.75, 3.05) is 17.8 Å². The molecule has 0 aliphatic carbocycles. The van der Waals surface area contributed by atoms with Gasteiger partial charge in [0.05, 0.1) is 12.9 Å². The second-order valence-electron chi connectivity index (χ2n) is 4.83. The SMILES string of the molecule is COc1ccc(Br)cc1C1SCC(=O)N1c1ccc(O)cc1. The molecule has 6 heteroatoms. The lowest BCUT2D eigenvalue weighted by Crippen LogP contribution is -2.27. The van der Waals surface area contributed by atoms with Gasteiger partial charge in [0.1, 0.15) is 16.9 Å². The minimum Gasteiger partial charge on any atom is -0.508 e. The first-order valence-electron chi connectivity index (χ1n) is 6.66. The Morgan fingerprint density at radius 2 is 2.00 bits per heavy atom. The quantitative estimate of drug-likeness (QED) is 0.877.